The Bertz CT molecular complexity index is 256. The van der Waals surface area contributed by atoms with E-state index in [1.807, 2.05) is 0 Å². The fraction of sp³-hybridized carbons (Fsp3) is 1.00. The maximum absolute atomic E-state index is 11.9. The summed E-state index contributed by atoms with van der Waals surface area (Å²) in [7, 11) is 0. The minimum atomic E-state index is -4.13. The molecule has 0 aromatic heterocycles. The predicted molar refractivity (Wildman–Crippen MR) is 60.4 cm³/mol. The summed E-state index contributed by atoms with van der Waals surface area (Å²) in [5.41, 5.74) is 0. The van der Waals surface area contributed by atoms with E-state index in [0.29, 0.717) is 6.04 Å². The van der Waals surface area contributed by atoms with Crippen LogP contribution < -0.4 is 5.32 Å². The van der Waals surface area contributed by atoms with E-state index < -0.39 is 12.6 Å². The lowest BCUT2D eigenvalue weighted by Gasteiger charge is -2.15. The van der Waals surface area contributed by atoms with Crippen molar-refractivity contribution in [3.63, 3.8) is 0 Å². The second kappa shape index (κ2) is 6.21. The molecule has 1 heterocycles. The van der Waals surface area contributed by atoms with Gasteiger partial charge in [0.25, 0.3) is 0 Å². The standard InChI is InChI=1S/C12H20F3NO2/c13-12(14,15)5-6-17-8-11-4-3-10(18-11)7-16-9-1-2-9/h9-11,16H,1-8H2. The molecule has 0 radical (unpaired) electrons. The molecule has 1 saturated heterocycles. The zero-order chi connectivity index (χ0) is 13.0. The van der Waals surface area contributed by atoms with E-state index in [0.717, 1.165) is 19.4 Å². The third-order valence-electron chi connectivity index (χ3n) is 3.24. The summed E-state index contributed by atoms with van der Waals surface area (Å²) in [4.78, 5) is 0. The van der Waals surface area contributed by atoms with Crippen LogP contribution in [-0.2, 0) is 9.47 Å². The van der Waals surface area contributed by atoms with Crippen LogP contribution in [0.2, 0.25) is 0 Å². The van der Waals surface area contributed by atoms with Gasteiger partial charge >= 0.3 is 6.18 Å². The van der Waals surface area contributed by atoms with E-state index in [4.69, 9.17) is 9.47 Å². The summed E-state index contributed by atoms with van der Waals surface area (Å²) in [5, 5.41) is 3.39. The number of ether oxygens (including phenoxy) is 2. The lowest BCUT2D eigenvalue weighted by molar-refractivity contribution is -0.147. The van der Waals surface area contributed by atoms with Gasteiger partial charge < -0.3 is 14.8 Å². The predicted octanol–water partition coefficient (Wildman–Crippen LogP) is 2.25. The quantitative estimate of drug-likeness (QED) is 0.718. The molecule has 2 rings (SSSR count). The molecule has 1 N–H and O–H groups in total. The van der Waals surface area contributed by atoms with Crippen molar-refractivity contribution in [3.8, 4) is 0 Å². The summed E-state index contributed by atoms with van der Waals surface area (Å²) in [6.45, 7) is 0.855. The van der Waals surface area contributed by atoms with Gasteiger partial charge in [0.15, 0.2) is 0 Å². The topological polar surface area (TPSA) is 30.5 Å². The number of nitrogens with one attached hydrogen (secondary N) is 1. The number of halogens is 3. The maximum Gasteiger partial charge on any atom is 0.391 e. The summed E-state index contributed by atoms with van der Waals surface area (Å²) in [6, 6.07) is 0.663. The van der Waals surface area contributed by atoms with Gasteiger partial charge in [0, 0.05) is 12.6 Å². The van der Waals surface area contributed by atoms with Crippen molar-refractivity contribution in [2.45, 2.75) is 56.5 Å². The Morgan fingerprint density at radius 3 is 2.50 bits per heavy atom. The minimum Gasteiger partial charge on any atom is -0.378 e. The van der Waals surface area contributed by atoms with Crippen molar-refractivity contribution in [3.05, 3.63) is 0 Å². The van der Waals surface area contributed by atoms with E-state index in [2.05, 4.69) is 5.32 Å². The van der Waals surface area contributed by atoms with Crippen molar-refractivity contribution in [2.75, 3.05) is 19.8 Å². The van der Waals surface area contributed by atoms with Gasteiger partial charge in [0.2, 0.25) is 0 Å². The number of hydrogen-bond donors (Lipinski definition) is 1. The van der Waals surface area contributed by atoms with Crippen molar-refractivity contribution in [1.29, 1.82) is 0 Å². The Kier molecular flexibility index (Phi) is 4.86. The normalized spacial score (nSPS) is 28.8. The first kappa shape index (κ1) is 14.1. The number of alkyl halides is 3. The first-order valence-electron chi connectivity index (χ1n) is 6.56. The van der Waals surface area contributed by atoms with E-state index in [1.54, 1.807) is 0 Å². The molecule has 1 saturated carbocycles. The molecule has 3 nitrogen and oxygen atoms in total. The molecule has 0 amide bonds. The van der Waals surface area contributed by atoms with Crippen molar-refractivity contribution in [2.24, 2.45) is 0 Å². The minimum absolute atomic E-state index is 0.0377. The van der Waals surface area contributed by atoms with Crippen molar-refractivity contribution in [1.82, 2.24) is 5.32 Å². The van der Waals surface area contributed by atoms with Gasteiger partial charge in [0.05, 0.1) is 31.8 Å². The summed E-state index contributed by atoms with van der Waals surface area (Å²) in [6.07, 6.45) is -0.519. The van der Waals surface area contributed by atoms with Crippen LogP contribution in [0.5, 0.6) is 0 Å². The second-order valence-electron chi connectivity index (χ2n) is 5.08. The Hall–Kier alpha value is -0.330. The summed E-state index contributed by atoms with van der Waals surface area (Å²) < 4.78 is 46.4. The Balaban J connectivity index is 1.49. The molecule has 2 atom stereocenters. The number of hydrogen-bond acceptors (Lipinski definition) is 3. The summed E-state index contributed by atoms with van der Waals surface area (Å²) in [5.74, 6) is 0. The highest BCUT2D eigenvalue weighted by molar-refractivity contribution is 4.84. The van der Waals surface area contributed by atoms with Crippen LogP contribution in [0.3, 0.4) is 0 Å². The molecule has 2 unspecified atom stereocenters. The molecule has 106 valence electrons. The van der Waals surface area contributed by atoms with Gasteiger partial charge in [-0.2, -0.15) is 13.2 Å². The van der Waals surface area contributed by atoms with Gasteiger partial charge in [-0.05, 0) is 25.7 Å². The third-order valence-corrected chi connectivity index (χ3v) is 3.24. The molecule has 1 aliphatic carbocycles. The van der Waals surface area contributed by atoms with Crippen molar-refractivity contribution >= 4 is 0 Å². The number of rotatable bonds is 7. The van der Waals surface area contributed by atoms with E-state index >= 15 is 0 Å². The third kappa shape index (κ3) is 5.54. The highest BCUT2D eigenvalue weighted by Crippen LogP contribution is 2.23. The molecule has 0 aromatic carbocycles. The monoisotopic (exact) mass is 267 g/mol. The van der Waals surface area contributed by atoms with Crippen LogP contribution in [0.15, 0.2) is 0 Å². The SMILES string of the molecule is FC(F)(F)CCOCC1CCC(CNC2CC2)O1. The Labute approximate surface area is 105 Å². The molecule has 2 aliphatic rings. The largest absolute Gasteiger partial charge is 0.391 e. The van der Waals surface area contributed by atoms with Crippen LogP contribution in [0.1, 0.15) is 32.1 Å². The molecule has 0 bridgehead atoms. The zero-order valence-electron chi connectivity index (χ0n) is 10.3. The Morgan fingerprint density at radius 2 is 1.83 bits per heavy atom. The highest BCUT2D eigenvalue weighted by Gasteiger charge is 2.29. The van der Waals surface area contributed by atoms with E-state index in [9.17, 15) is 13.2 Å². The Morgan fingerprint density at radius 1 is 1.11 bits per heavy atom. The summed E-state index contributed by atoms with van der Waals surface area (Å²) >= 11 is 0. The lowest BCUT2D eigenvalue weighted by Crippen LogP contribution is -2.29. The fourth-order valence-electron chi connectivity index (χ4n) is 2.04. The zero-order valence-corrected chi connectivity index (χ0v) is 10.3. The molecule has 6 heteroatoms. The maximum atomic E-state index is 11.9. The molecule has 0 spiro atoms. The van der Waals surface area contributed by atoms with Crippen molar-refractivity contribution < 1.29 is 22.6 Å². The average Bonchev–Trinajstić information content (AvgIpc) is 3.00. The van der Waals surface area contributed by atoms with Crippen LogP contribution in [0.25, 0.3) is 0 Å². The van der Waals surface area contributed by atoms with Crippen LogP contribution in [-0.4, -0.2) is 44.2 Å². The molecule has 2 fully saturated rings. The average molecular weight is 267 g/mol. The van der Waals surface area contributed by atoms with Crippen LogP contribution in [0, 0.1) is 0 Å². The first-order chi connectivity index (χ1) is 8.53. The molecule has 1 aliphatic heterocycles. The molecule has 18 heavy (non-hydrogen) atoms. The van der Waals surface area contributed by atoms with Gasteiger partial charge in [-0.15, -0.1) is 0 Å². The fourth-order valence-corrected chi connectivity index (χ4v) is 2.04. The second-order valence-corrected chi connectivity index (χ2v) is 5.08. The van der Waals surface area contributed by atoms with Crippen LogP contribution in [0.4, 0.5) is 13.2 Å². The van der Waals surface area contributed by atoms with E-state index in [1.165, 1.54) is 12.8 Å². The molecular formula is C12H20F3NO2. The van der Waals surface area contributed by atoms with Gasteiger partial charge in [-0.25, -0.2) is 0 Å². The highest BCUT2D eigenvalue weighted by atomic mass is 19.4. The molecule has 0 aromatic rings. The smallest absolute Gasteiger partial charge is 0.378 e. The lowest BCUT2D eigenvalue weighted by atomic mass is 10.2. The van der Waals surface area contributed by atoms with Gasteiger partial charge in [0.1, 0.15) is 0 Å². The van der Waals surface area contributed by atoms with Gasteiger partial charge in [-0.3, -0.25) is 0 Å². The van der Waals surface area contributed by atoms with Gasteiger partial charge in [-0.1, -0.05) is 0 Å². The first-order valence-corrected chi connectivity index (χ1v) is 6.56. The van der Waals surface area contributed by atoms with E-state index in [-0.39, 0.29) is 25.4 Å². The molecular weight excluding hydrogens is 247 g/mol. The van der Waals surface area contributed by atoms with Crippen LogP contribution >= 0.6 is 0 Å².